The third kappa shape index (κ3) is 4.91. The lowest BCUT2D eigenvalue weighted by Crippen LogP contribution is -2.45. The highest BCUT2D eigenvalue weighted by molar-refractivity contribution is 4.70. The van der Waals surface area contributed by atoms with Crippen LogP contribution in [0.1, 0.15) is 6.42 Å². The molecule has 1 rings (SSSR count). The van der Waals surface area contributed by atoms with Crippen LogP contribution >= 0.6 is 0 Å². The Morgan fingerprint density at radius 3 is 3.14 bits per heavy atom. The summed E-state index contributed by atoms with van der Waals surface area (Å²) < 4.78 is 10.6. The molecule has 84 valence electrons. The molecule has 0 aromatic carbocycles. The van der Waals surface area contributed by atoms with Crippen molar-refractivity contribution in [2.75, 3.05) is 53.6 Å². The topological polar surface area (TPSA) is 33.7 Å². The standard InChI is InChI=1S/C10H22N2O2/c1-12-5-7-14-10(9-12)8-11-4-3-6-13-2/h10-11H,3-9H2,1-2H3/t10-/m0/s1. The molecule has 1 heterocycles. The van der Waals surface area contributed by atoms with Crippen LogP contribution in [-0.2, 0) is 9.47 Å². The summed E-state index contributed by atoms with van der Waals surface area (Å²) in [5.74, 6) is 0. The van der Waals surface area contributed by atoms with E-state index in [0.29, 0.717) is 6.10 Å². The van der Waals surface area contributed by atoms with Crippen molar-refractivity contribution < 1.29 is 9.47 Å². The molecule has 1 saturated heterocycles. The molecule has 14 heavy (non-hydrogen) atoms. The van der Waals surface area contributed by atoms with Crippen LogP contribution in [0.3, 0.4) is 0 Å². The van der Waals surface area contributed by atoms with Crippen molar-refractivity contribution in [2.24, 2.45) is 0 Å². The van der Waals surface area contributed by atoms with Gasteiger partial charge >= 0.3 is 0 Å². The van der Waals surface area contributed by atoms with E-state index in [4.69, 9.17) is 9.47 Å². The minimum Gasteiger partial charge on any atom is -0.385 e. The van der Waals surface area contributed by atoms with Crippen molar-refractivity contribution in [1.82, 2.24) is 10.2 Å². The highest BCUT2D eigenvalue weighted by atomic mass is 16.5. The molecule has 0 aliphatic carbocycles. The van der Waals surface area contributed by atoms with E-state index in [9.17, 15) is 0 Å². The molecule has 1 aliphatic rings. The van der Waals surface area contributed by atoms with E-state index in [0.717, 1.165) is 45.8 Å². The number of nitrogens with one attached hydrogen (secondary N) is 1. The van der Waals surface area contributed by atoms with Gasteiger partial charge in [0.25, 0.3) is 0 Å². The van der Waals surface area contributed by atoms with E-state index in [2.05, 4.69) is 17.3 Å². The first kappa shape index (κ1) is 11.9. The summed E-state index contributed by atoms with van der Waals surface area (Å²) in [7, 11) is 3.87. The number of methoxy groups -OCH3 is 1. The third-order valence-corrected chi connectivity index (χ3v) is 2.42. The molecule has 1 fully saturated rings. The predicted octanol–water partition coefficient (Wildman–Crippen LogP) is -0.0569. The summed E-state index contributed by atoms with van der Waals surface area (Å²) in [6.07, 6.45) is 1.43. The summed E-state index contributed by atoms with van der Waals surface area (Å²) >= 11 is 0. The van der Waals surface area contributed by atoms with E-state index in [1.807, 2.05) is 0 Å². The lowest BCUT2D eigenvalue weighted by Gasteiger charge is -2.30. The van der Waals surface area contributed by atoms with Gasteiger partial charge in [0.1, 0.15) is 0 Å². The minimum absolute atomic E-state index is 0.358. The van der Waals surface area contributed by atoms with Gasteiger partial charge in [0, 0.05) is 33.4 Å². The minimum atomic E-state index is 0.358. The van der Waals surface area contributed by atoms with Crippen LogP contribution in [0.15, 0.2) is 0 Å². The van der Waals surface area contributed by atoms with Crippen LogP contribution in [0.25, 0.3) is 0 Å². The van der Waals surface area contributed by atoms with Gasteiger partial charge in [-0.15, -0.1) is 0 Å². The molecule has 0 radical (unpaired) electrons. The normalized spacial score (nSPS) is 24.0. The molecule has 0 aromatic rings. The van der Waals surface area contributed by atoms with Crippen molar-refractivity contribution in [1.29, 1.82) is 0 Å². The van der Waals surface area contributed by atoms with Crippen molar-refractivity contribution in [2.45, 2.75) is 12.5 Å². The third-order valence-electron chi connectivity index (χ3n) is 2.42. The van der Waals surface area contributed by atoms with E-state index in [-0.39, 0.29) is 0 Å². The molecule has 0 saturated carbocycles. The summed E-state index contributed by atoms with van der Waals surface area (Å²) in [6.45, 7) is 5.75. The summed E-state index contributed by atoms with van der Waals surface area (Å²) in [4.78, 5) is 2.31. The molecular formula is C10H22N2O2. The molecule has 0 unspecified atom stereocenters. The van der Waals surface area contributed by atoms with Crippen LogP contribution in [0.5, 0.6) is 0 Å². The van der Waals surface area contributed by atoms with Crippen molar-refractivity contribution in [3.63, 3.8) is 0 Å². The maximum absolute atomic E-state index is 5.62. The van der Waals surface area contributed by atoms with Gasteiger partial charge in [0.05, 0.1) is 12.7 Å². The average Bonchev–Trinajstić information content (AvgIpc) is 2.18. The van der Waals surface area contributed by atoms with Gasteiger partial charge in [-0.25, -0.2) is 0 Å². The summed E-state index contributed by atoms with van der Waals surface area (Å²) in [5.41, 5.74) is 0. The maximum atomic E-state index is 5.62. The van der Waals surface area contributed by atoms with Gasteiger partial charge < -0.3 is 19.7 Å². The molecule has 0 bridgehead atoms. The number of rotatable bonds is 6. The first-order chi connectivity index (χ1) is 6.83. The number of hydrogen-bond donors (Lipinski definition) is 1. The quantitative estimate of drug-likeness (QED) is 0.612. The Balaban J connectivity index is 1.95. The Kier molecular flexibility index (Phi) is 6.10. The molecule has 0 amide bonds. The van der Waals surface area contributed by atoms with E-state index in [1.165, 1.54) is 0 Å². The molecular weight excluding hydrogens is 180 g/mol. The van der Waals surface area contributed by atoms with Crippen LogP contribution < -0.4 is 5.32 Å². The largest absolute Gasteiger partial charge is 0.385 e. The molecule has 0 spiro atoms. The van der Waals surface area contributed by atoms with Crippen molar-refractivity contribution in [3.8, 4) is 0 Å². The van der Waals surface area contributed by atoms with Crippen molar-refractivity contribution >= 4 is 0 Å². The van der Waals surface area contributed by atoms with Gasteiger partial charge in [0.15, 0.2) is 0 Å². The Labute approximate surface area is 86.6 Å². The molecule has 1 N–H and O–H groups in total. The second-order valence-electron chi connectivity index (χ2n) is 3.81. The van der Waals surface area contributed by atoms with E-state index < -0.39 is 0 Å². The van der Waals surface area contributed by atoms with Gasteiger partial charge in [-0.1, -0.05) is 0 Å². The number of morpholine rings is 1. The fourth-order valence-corrected chi connectivity index (χ4v) is 1.59. The molecule has 1 atom stereocenters. The van der Waals surface area contributed by atoms with Crippen LogP contribution in [-0.4, -0.2) is 64.6 Å². The van der Waals surface area contributed by atoms with Crippen LogP contribution in [0.2, 0.25) is 0 Å². The zero-order valence-corrected chi connectivity index (χ0v) is 9.29. The van der Waals surface area contributed by atoms with Gasteiger partial charge in [0.2, 0.25) is 0 Å². The van der Waals surface area contributed by atoms with Crippen LogP contribution in [0, 0.1) is 0 Å². The fourth-order valence-electron chi connectivity index (χ4n) is 1.59. The summed E-state index contributed by atoms with van der Waals surface area (Å²) in [6, 6.07) is 0. The smallest absolute Gasteiger partial charge is 0.0826 e. The summed E-state index contributed by atoms with van der Waals surface area (Å²) in [5, 5.41) is 3.38. The molecule has 0 aromatic heterocycles. The zero-order chi connectivity index (χ0) is 10.2. The number of ether oxygens (including phenoxy) is 2. The Morgan fingerprint density at radius 1 is 1.57 bits per heavy atom. The fraction of sp³-hybridized carbons (Fsp3) is 1.00. The number of hydrogen-bond acceptors (Lipinski definition) is 4. The monoisotopic (exact) mass is 202 g/mol. The molecule has 4 heteroatoms. The highest BCUT2D eigenvalue weighted by Gasteiger charge is 2.16. The highest BCUT2D eigenvalue weighted by Crippen LogP contribution is 2.01. The van der Waals surface area contributed by atoms with Gasteiger partial charge in [-0.2, -0.15) is 0 Å². The van der Waals surface area contributed by atoms with Gasteiger partial charge in [-0.3, -0.25) is 0 Å². The number of likely N-dealkylation sites (N-methyl/N-ethyl adjacent to an activating group) is 1. The lowest BCUT2D eigenvalue weighted by molar-refractivity contribution is -0.0181. The lowest BCUT2D eigenvalue weighted by atomic mass is 10.3. The SMILES string of the molecule is COCCCNC[C@H]1CN(C)CCO1. The average molecular weight is 202 g/mol. The molecule has 4 nitrogen and oxygen atoms in total. The first-order valence-electron chi connectivity index (χ1n) is 5.32. The number of nitrogens with zero attached hydrogens (tertiary/aromatic N) is 1. The maximum Gasteiger partial charge on any atom is 0.0826 e. The second kappa shape index (κ2) is 7.17. The first-order valence-corrected chi connectivity index (χ1v) is 5.32. The second-order valence-corrected chi connectivity index (χ2v) is 3.81. The Bertz CT molecular complexity index is 144. The molecule has 1 aliphatic heterocycles. The van der Waals surface area contributed by atoms with Crippen molar-refractivity contribution in [3.05, 3.63) is 0 Å². The Morgan fingerprint density at radius 2 is 2.43 bits per heavy atom. The predicted molar refractivity (Wildman–Crippen MR) is 56.6 cm³/mol. The zero-order valence-electron chi connectivity index (χ0n) is 9.29. The Hall–Kier alpha value is -0.160. The van der Waals surface area contributed by atoms with Gasteiger partial charge in [-0.05, 0) is 20.0 Å². The van der Waals surface area contributed by atoms with E-state index >= 15 is 0 Å². The van der Waals surface area contributed by atoms with Crippen LogP contribution in [0.4, 0.5) is 0 Å². The van der Waals surface area contributed by atoms with E-state index in [1.54, 1.807) is 7.11 Å².